The molecule has 0 saturated carbocycles. The standard InChI is InChI=1S/C28H23N3SSi/c1-33(2)25-14-8-6-12-23(25)31(24-13-7-9-15-26(24)33)22-18-16-21(17-19-22)28-30-29-27(32-28)20-10-4-3-5-11-20/h3-19H,1-2H3. The number of hydrogen-bond donors (Lipinski definition) is 0. The average Bonchev–Trinajstić information content (AvgIpc) is 3.36. The van der Waals surface area contributed by atoms with Crippen molar-refractivity contribution >= 4 is 46.8 Å². The monoisotopic (exact) mass is 461 g/mol. The summed E-state index contributed by atoms with van der Waals surface area (Å²) in [6.07, 6.45) is 0. The molecule has 6 rings (SSSR count). The van der Waals surface area contributed by atoms with Gasteiger partial charge in [0.05, 0.1) is 0 Å². The van der Waals surface area contributed by atoms with E-state index in [0.29, 0.717) is 0 Å². The molecule has 0 aliphatic carbocycles. The van der Waals surface area contributed by atoms with Crippen LogP contribution in [0.25, 0.3) is 21.1 Å². The Hall–Kier alpha value is -3.54. The van der Waals surface area contributed by atoms with Crippen LogP contribution in [-0.4, -0.2) is 18.3 Å². The fourth-order valence-corrected chi connectivity index (χ4v) is 8.58. The van der Waals surface area contributed by atoms with Gasteiger partial charge in [-0.05, 0) is 46.8 Å². The molecule has 0 bridgehead atoms. The van der Waals surface area contributed by atoms with Gasteiger partial charge in [-0.3, -0.25) is 0 Å². The number of benzene rings is 4. The van der Waals surface area contributed by atoms with Crippen LogP contribution in [0.3, 0.4) is 0 Å². The lowest BCUT2D eigenvalue weighted by molar-refractivity contribution is 1.10. The minimum atomic E-state index is -1.76. The second-order valence-electron chi connectivity index (χ2n) is 8.82. The Morgan fingerprint density at radius 3 is 1.64 bits per heavy atom. The van der Waals surface area contributed by atoms with Crippen molar-refractivity contribution in [3.8, 4) is 21.1 Å². The predicted octanol–water partition coefficient (Wildman–Crippen LogP) is 6.48. The molecule has 0 radical (unpaired) electrons. The van der Waals surface area contributed by atoms with Crippen molar-refractivity contribution in [3.05, 3.63) is 103 Å². The maximum absolute atomic E-state index is 4.46. The minimum absolute atomic E-state index is 0.938. The predicted molar refractivity (Wildman–Crippen MR) is 142 cm³/mol. The first kappa shape index (κ1) is 20.1. The van der Waals surface area contributed by atoms with Crippen LogP contribution >= 0.6 is 11.3 Å². The minimum Gasteiger partial charge on any atom is -0.311 e. The van der Waals surface area contributed by atoms with Gasteiger partial charge >= 0.3 is 0 Å². The first-order valence-electron chi connectivity index (χ1n) is 11.1. The third kappa shape index (κ3) is 3.32. The smallest absolute Gasteiger partial charge is 0.148 e. The van der Waals surface area contributed by atoms with Crippen molar-refractivity contribution in [3.63, 3.8) is 0 Å². The van der Waals surface area contributed by atoms with E-state index in [1.54, 1.807) is 11.3 Å². The van der Waals surface area contributed by atoms with Gasteiger partial charge in [-0.25, -0.2) is 0 Å². The number of aromatic nitrogens is 2. The molecule has 1 aromatic heterocycles. The molecule has 160 valence electrons. The quantitative estimate of drug-likeness (QED) is 0.288. The first-order valence-corrected chi connectivity index (χ1v) is 14.9. The Balaban J connectivity index is 1.40. The number of fused-ring (bicyclic) bond motifs is 2. The summed E-state index contributed by atoms with van der Waals surface area (Å²) in [6, 6.07) is 36.7. The highest BCUT2D eigenvalue weighted by molar-refractivity contribution is 7.17. The molecule has 1 aliphatic heterocycles. The number of nitrogens with zero attached hydrogens (tertiary/aromatic N) is 3. The van der Waals surface area contributed by atoms with Gasteiger partial charge in [0, 0.05) is 28.2 Å². The van der Waals surface area contributed by atoms with E-state index in [1.165, 1.54) is 21.7 Å². The summed E-state index contributed by atoms with van der Waals surface area (Å²) < 4.78 is 0. The fraction of sp³-hybridized carbons (Fsp3) is 0.0714. The zero-order valence-corrected chi connectivity index (χ0v) is 20.4. The molecule has 33 heavy (non-hydrogen) atoms. The van der Waals surface area contributed by atoms with E-state index in [0.717, 1.165) is 26.8 Å². The highest BCUT2D eigenvalue weighted by Crippen LogP contribution is 2.39. The Labute approximate surface area is 199 Å². The van der Waals surface area contributed by atoms with Crippen LogP contribution in [0.5, 0.6) is 0 Å². The van der Waals surface area contributed by atoms with Gasteiger partial charge in [-0.2, -0.15) is 0 Å². The zero-order chi connectivity index (χ0) is 22.4. The molecule has 0 N–H and O–H groups in total. The van der Waals surface area contributed by atoms with Crippen LogP contribution in [0.2, 0.25) is 13.1 Å². The Bertz CT molecular complexity index is 1390. The van der Waals surface area contributed by atoms with E-state index in [9.17, 15) is 0 Å². The molecule has 2 heterocycles. The van der Waals surface area contributed by atoms with Crippen molar-refractivity contribution in [1.82, 2.24) is 10.2 Å². The summed E-state index contributed by atoms with van der Waals surface area (Å²) in [5.74, 6) is 0. The van der Waals surface area contributed by atoms with E-state index in [-0.39, 0.29) is 0 Å². The molecule has 0 saturated heterocycles. The summed E-state index contributed by atoms with van der Waals surface area (Å²) in [4.78, 5) is 2.40. The van der Waals surface area contributed by atoms with E-state index >= 15 is 0 Å². The van der Waals surface area contributed by atoms with Gasteiger partial charge in [0.25, 0.3) is 0 Å². The van der Waals surface area contributed by atoms with Gasteiger partial charge in [-0.15, -0.1) is 10.2 Å². The largest absolute Gasteiger partial charge is 0.311 e. The zero-order valence-electron chi connectivity index (χ0n) is 18.6. The molecule has 1 aliphatic rings. The maximum atomic E-state index is 4.46. The van der Waals surface area contributed by atoms with Crippen molar-refractivity contribution < 1.29 is 0 Å². The van der Waals surface area contributed by atoms with Gasteiger partial charge in [0.2, 0.25) is 0 Å². The second-order valence-corrected chi connectivity index (χ2v) is 14.1. The van der Waals surface area contributed by atoms with E-state index < -0.39 is 8.07 Å². The topological polar surface area (TPSA) is 29.0 Å². The third-order valence-electron chi connectivity index (χ3n) is 6.45. The van der Waals surface area contributed by atoms with Crippen LogP contribution in [-0.2, 0) is 0 Å². The van der Waals surface area contributed by atoms with E-state index in [4.69, 9.17) is 0 Å². The molecule has 5 aromatic rings. The molecule has 0 fully saturated rings. The first-order chi connectivity index (χ1) is 16.1. The summed E-state index contributed by atoms with van der Waals surface area (Å²) in [6.45, 7) is 4.90. The lowest BCUT2D eigenvalue weighted by Gasteiger charge is -2.41. The molecule has 0 atom stereocenters. The van der Waals surface area contributed by atoms with E-state index in [1.807, 2.05) is 18.2 Å². The van der Waals surface area contributed by atoms with Gasteiger partial charge in [0.1, 0.15) is 18.1 Å². The summed E-state index contributed by atoms with van der Waals surface area (Å²) in [7, 11) is -1.76. The molecular weight excluding hydrogens is 438 g/mol. The molecule has 0 spiro atoms. The van der Waals surface area contributed by atoms with Gasteiger partial charge < -0.3 is 4.90 Å². The summed E-state index contributed by atoms with van der Waals surface area (Å²) in [5.41, 5.74) is 5.94. The lowest BCUT2D eigenvalue weighted by Crippen LogP contribution is -2.58. The molecule has 4 aromatic carbocycles. The summed E-state index contributed by atoms with van der Waals surface area (Å²) >= 11 is 1.63. The van der Waals surface area contributed by atoms with Crippen molar-refractivity contribution in [2.75, 3.05) is 4.90 Å². The van der Waals surface area contributed by atoms with Crippen molar-refractivity contribution in [2.45, 2.75) is 13.1 Å². The maximum Gasteiger partial charge on any atom is 0.148 e. The molecule has 0 amide bonds. The molecular formula is C28H23N3SSi. The van der Waals surface area contributed by atoms with Gasteiger partial charge in [0.15, 0.2) is 0 Å². The number of hydrogen-bond acceptors (Lipinski definition) is 4. The molecule has 3 nitrogen and oxygen atoms in total. The highest BCUT2D eigenvalue weighted by atomic mass is 32.1. The Morgan fingerprint density at radius 1 is 0.576 bits per heavy atom. The third-order valence-corrected chi connectivity index (χ3v) is 11.0. The average molecular weight is 462 g/mol. The molecule has 5 heteroatoms. The second kappa shape index (κ2) is 7.80. The van der Waals surface area contributed by atoms with Crippen molar-refractivity contribution in [2.24, 2.45) is 0 Å². The fourth-order valence-electron chi connectivity index (χ4n) is 4.74. The summed E-state index contributed by atoms with van der Waals surface area (Å²) in [5, 5.41) is 13.7. The van der Waals surface area contributed by atoms with Crippen LogP contribution in [0.1, 0.15) is 0 Å². The van der Waals surface area contributed by atoms with Crippen LogP contribution in [0.15, 0.2) is 103 Å². The number of rotatable bonds is 3. The van der Waals surface area contributed by atoms with Crippen LogP contribution in [0, 0.1) is 0 Å². The van der Waals surface area contributed by atoms with Crippen LogP contribution in [0.4, 0.5) is 17.1 Å². The Morgan fingerprint density at radius 2 is 1.06 bits per heavy atom. The van der Waals surface area contributed by atoms with Gasteiger partial charge in [-0.1, -0.05) is 91.2 Å². The number of para-hydroxylation sites is 2. The normalized spacial score (nSPS) is 13.9. The lowest BCUT2D eigenvalue weighted by atomic mass is 10.1. The Kier molecular flexibility index (Phi) is 4.75. The van der Waals surface area contributed by atoms with E-state index in [2.05, 4.69) is 113 Å². The van der Waals surface area contributed by atoms with Crippen molar-refractivity contribution in [1.29, 1.82) is 0 Å². The number of anilines is 3. The van der Waals surface area contributed by atoms with Crippen LogP contribution < -0.4 is 15.3 Å². The highest BCUT2D eigenvalue weighted by Gasteiger charge is 2.38. The molecule has 0 unspecified atom stereocenters. The SMILES string of the molecule is C[Si]1(C)c2ccccc2N(c2ccc(-c3nnc(-c4ccccc4)s3)cc2)c2ccccc21.